The SMILES string of the molecule is COC(=O)c1ccc(C=C2Oc3cc(OC(=O)c4ccc(Br)cc4)ccc3C2=O)cc1. The van der Waals surface area contributed by atoms with Crippen LogP contribution in [0.15, 0.2) is 77.0 Å². The number of carbonyl (C=O) groups excluding carboxylic acids is 3. The van der Waals surface area contributed by atoms with Crippen molar-refractivity contribution in [2.45, 2.75) is 0 Å². The molecular formula is C24H15BrO6. The zero-order valence-electron chi connectivity index (χ0n) is 16.3. The molecule has 3 aromatic rings. The summed E-state index contributed by atoms with van der Waals surface area (Å²) in [5.41, 5.74) is 1.87. The van der Waals surface area contributed by atoms with Crippen molar-refractivity contribution in [3.63, 3.8) is 0 Å². The van der Waals surface area contributed by atoms with E-state index in [9.17, 15) is 14.4 Å². The highest BCUT2D eigenvalue weighted by Gasteiger charge is 2.28. The Morgan fingerprint density at radius 1 is 0.903 bits per heavy atom. The Bertz CT molecular complexity index is 1210. The van der Waals surface area contributed by atoms with Gasteiger partial charge < -0.3 is 14.2 Å². The molecule has 0 aromatic heterocycles. The number of rotatable bonds is 4. The first-order chi connectivity index (χ1) is 14.9. The Labute approximate surface area is 186 Å². The Hall–Kier alpha value is -3.71. The summed E-state index contributed by atoms with van der Waals surface area (Å²) in [6.45, 7) is 0. The van der Waals surface area contributed by atoms with Crippen molar-refractivity contribution < 1.29 is 28.6 Å². The highest BCUT2D eigenvalue weighted by Crippen LogP contribution is 2.35. The van der Waals surface area contributed by atoms with E-state index in [1.54, 1.807) is 66.7 Å². The van der Waals surface area contributed by atoms with E-state index >= 15 is 0 Å². The maximum atomic E-state index is 12.6. The van der Waals surface area contributed by atoms with Gasteiger partial charge in [-0.2, -0.15) is 0 Å². The number of halogens is 1. The van der Waals surface area contributed by atoms with E-state index in [-0.39, 0.29) is 17.3 Å². The van der Waals surface area contributed by atoms with Crippen LogP contribution in [0.25, 0.3) is 6.08 Å². The third kappa shape index (κ3) is 4.41. The van der Waals surface area contributed by atoms with Crippen LogP contribution in [0.5, 0.6) is 11.5 Å². The average Bonchev–Trinajstić information content (AvgIpc) is 3.08. The molecule has 6 nitrogen and oxygen atoms in total. The van der Waals surface area contributed by atoms with Crippen molar-refractivity contribution in [2.24, 2.45) is 0 Å². The second-order valence-corrected chi connectivity index (χ2v) is 7.52. The van der Waals surface area contributed by atoms with Gasteiger partial charge in [-0.25, -0.2) is 9.59 Å². The van der Waals surface area contributed by atoms with Crippen molar-refractivity contribution in [2.75, 3.05) is 7.11 Å². The second kappa shape index (κ2) is 8.57. The van der Waals surface area contributed by atoms with Crippen LogP contribution in [0.2, 0.25) is 0 Å². The number of hydrogen-bond acceptors (Lipinski definition) is 6. The normalized spacial score (nSPS) is 13.5. The minimum atomic E-state index is -0.516. The molecule has 1 aliphatic heterocycles. The highest BCUT2D eigenvalue weighted by atomic mass is 79.9. The molecule has 31 heavy (non-hydrogen) atoms. The van der Waals surface area contributed by atoms with Gasteiger partial charge in [0.15, 0.2) is 5.76 Å². The smallest absolute Gasteiger partial charge is 0.343 e. The summed E-state index contributed by atoms with van der Waals surface area (Å²) in [7, 11) is 1.31. The first-order valence-corrected chi connectivity index (χ1v) is 9.98. The number of carbonyl (C=O) groups is 3. The molecule has 0 unspecified atom stereocenters. The fourth-order valence-electron chi connectivity index (χ4n) is 2.97. The van der Waals surface area contributed by atoms with Gasteiger partial charge in [0, 0.05) is 10.5 Å². The van der Waals surface area contributed by atoms with Crippen LogP contribution in [-0.4, -0.2) is 24.8 Å². The van der Waals surface area contributed by atoms with Crippen molar-refractivity contribution in [3.05, 3.63) is 99.2 Å². The van der Waals surface area contributed by atoms with Crippen LogP contribution in [-0.2, 0) is 4.74 Å². The topological polar surface area (TPSA) is 78.9 Å². The lowest BCUT2D eigenvalue weighted by Gasteiger charge is -2.06. The fourth-order valence-corrected chi connectivity index (χ4v) is 3.23. The molecule has 1 aliphatic rings. The molecule has 0 fully saturated rings. The lowest BCUT2D eigenvalue weighted by atomic mass is 10.1. The molecule has 0 N–H and O–H groups in total. The minimum absolute atomic E-state index is 0.136. The summed E-state index contributed by atoms with van der Waals surface area (Å²) < 4.78 is 16.6. The van der Waals surface area contributed by atoms with Crippen molar-refractivity contribution in [1.29, 1.82) is 0 Å². The maximum absolute atomic E-state index is 12.6. The Morgan fingerprint density at radius 3 is 2.23 bits per heavy atom. The summed E-state index contributed by atoms with van der Waals surface area (Å²) in [4.78, 5) is 36.5. The van der Waals surface area contributed by atoms with E-state index in [1.807, 2.05) is 0 Å². The van der Waals surface area contributed by atoms with Gasteiger partial charge in [0.1, 0.15) is 11.5 Å². The predicted octanol–water partition coefficient (Wildman–Crippen LogP) is 5.07. The monoisotopic (exact) mass is 478 g/mol. The Kier molecular flexibility index (Phi) is 5.68. The van der Waals surface area contributed by atoms with Crippen LogP contribution >= 0.6 is 15.9 Å². The van der Waals surface area contributed by atoms with Gasteiger partial charge in [-0.3, -0.25) is 4.79 Å². The molecule has 0 spiro atoms. The molecule has 0 radical (unpaired) electrons. The first kappa shape index (κ1) is 20.6. The molecule has 0 saturated heterocycles. The van der Waals surface area contributed by atoms with Gasteiger partial charge in [-0.15, -0.1) is 0 Å². The molecule has 0 amide bonds. The van der Waals surface area contributed by atoms with Crippen molar-refractivity contribution in [3.8, 4) is 11.5 Å². The third-order valence-corrected chi connectivity index (χ3v) is 5.09. The van der Waals surface area contributed by atoms with Crippen molar-refractivity contribution >= 4 is 39.7 Å². The van der Waals surface area contributed by atoms with Crippen LogP contribution in [0.4, 0.5) is 0 Å². The Morgan fingerprint density at radius 2 is 1.55 bits per heavy atom. The van der Waals surface area contributed by atoms with Gasteiger partial charge in [-0.05, 0) is 60.2 Å². The standard InChI is InChI=1S/C24H15BrO6/c1-29-23(27)15-4-2-14(3-5-15)12-21-22(26)19-11-10-18(13-20(19)31-21)30-24(28)16-6-8-17(25)9-7-16/h2-13H,1H3. The van der Waals surface area contributed by atoms with Gasteiger partial charge >= 0.3 is 11.9 Å². The molecule has 3 aromatic carbocycles. The number of fused-ring (bicyclic) bond motifs is 1. The molecule has 4 rings (SSSR count). The molecular weight excluding hydrogens is 464 g/mol. The van der Waals surface area contributed by atoms with E-state index in [2.05, 4.69) is 20.7 Å². The molecule has 0 aliphatic carbocycles. The number of Topliss-reactive ketones (excluding diaryl/α,β-unsaturated/α-hetero) is 1. The summed E-state index contributed by atoms with van der Waals surface area (Å²) in [5.74, 6) is -0.523. The largest absolute Gasteiger partial charge is 0.465 e. The van der Waals surface area contributed by atoms with Gasteiger partial charge in [0.05, 0.1) is 23.8 Å². The molecule has 154 valence electrons. The lowest BCUT2D eigenvalue weighted by Crippen LogP contribution is -2.08. The summed E-state index contributed by atoms with van der Waals surface area (Å²) in [6.07, 6.45) is 1.58. The summed E-state index contributed by atoms with van der Waals surface area (Å²) in [6, 6.07) is 18.0. The Balaban J connectivity index is 1.51. The fraction of sp³-hybridized carbons (Fsp3) is 0.0417. The number of esters is 2. The number of hydrogen-bond donors (Lipinski definition) is 0. The maximum Gasteiger partial charge on any atom is 0.343 e. The average molecular weight is 479 g/mol. The predicted molar refractivity (Wildman–Crippen MR) is 116 cm³/mol. The van der Waals surface area contributed by atoms with E-state index in [1.165, 1.54) is 13.2 Å². The first-order valence-electron chi connectivity index (χ1n) is 9.19. The number of benzene rings is 3. The molecule has 0 atom stereocenters. The van der Waals surface area contributed by atoms with E-state index < -0.39 is 11.9 Å². The van der Waals surface area contributed by atoms with E-state index in [0.29, 0.717) is 28.0 Å². The van der Waals surface area contributed by atoms with Crippen LogP contribution in [0.1, 0.15) is 36.6 Å². The van der Waals surface area contributed by atoms with E-state index in [0.717, 1.165) is 4.47 Å². The number of ketones is 1. The molecule has 1 heterocycles. The van der Waals surface area contributed by atoms with Crippen LogP contribution in [0, 0.1) is 0 Å². The summed E-state index contributed by atoms with van der Waals surface area (Å²) >= 11 is 3.32. The zero-order chi connectivity index (χ0) is 22.0. The number of allylic oxidation sites excluding steroid dienone is 1. The van der Waals surface area contributed by atoms with Gasteiger partial charge in [0.25, 0.3) is 0 Å². The van der Waals surface area contributed by atoms with Crippen LogP contribution in [0.3, 0.4) is 0 Å². The van der Waals surface area contributed by atoms with Gasteiger partial charge in [-0.1, -0.05) is 28.1 Å². The quantitative estimate of drug-likeness (QED) is 0.295. The van der Waals surface area contributed by atoms with E-state index in [4.69, 9.17) is 9.47 Å². The number of ether oxygens (including phenoxy) is 3. The van der Waals surface area contributed by atoms with Crippen molar-refractivity contribution in [1.82, 2.24) is 0 Å². The zero-order valence-corrected chi connectivity index (χ0v) is 17.8. The number of methoxy groups -OCH3 is 1. The third-order valence-electron chi connectivity index (χ3n) is 4.56. The molecule has 7 heteroatoms. The highest BCUT2D eigenvalue weighted by molar-refractivity contribution is 9.10. The second-order valence-electron chi connectivity index (χ2n) is 6.61. The van der Waals surface area contributed by atoms with Crippen LogP contribution < -0.4 is 9.47 Å². The lowest BCUT2D eigenvalue weighted by molar-refractivity contribution is 0.0600. The minimum Gasteiger partial charge on any atom is -0.465 e. The molecule has 0 saturated carbocycles. The molecule has 0 bridgehead atoms. The van der Waals surface area contributed by atoms with Gasteiger partial charge in [0.2, 0.25) is 5.78 Å². The summed E-state index contributed by atoms with van der Waals surface area (Å²) in [5, 5.41) is 0.